The Bertz CT molecular complexity index is 1660. The topological polar surface area (TPSA) is 63.1 Å². The molecule has 2 heterocycles. The number of aromatic nitrogens is 2. The van der Waals surface area contributed by atoms with Gasteiger partial charge in [-0.15, -0.1) is 23.3 Å². The third kappa shape index (κ3) is 6.95. The van der Waals surface area contributed by atoms with Crippen molar-refractivity contribution >= 4 is 27.3 Å². The number of aliphatic hydroxyl groups excluding tert-OH is 1. The molecule has 0 bridgehead atoms. The smallest absolute Gasteiger partial charge is 0.162 e. The minimum atomic E-state index is -0.118. The van der Waals surface area contributed by atoms with Crippen LogP contribution in [0.5, 0.6) is 0 Å². The number of nitrogens with zero attached hydrogens (tertiary/aromatic N) is 2. The average Bonchev–Trinajstić information content (AvgIpc) is 3.04. The molecule has 2 aromatic carbocycles. The van der Waals surface area contributed by atoms with E-state index in [1.807, 2.05) is 46.3 Å². The molecule has 1 saturated carbocycles. The Balaban J connectivity index is 0.000000249. The van der Waals surface area contributed by atoms with Crippen molar-refractivity contribution in [3.63, 3.8) is 0 Å². The largest absolute Gasteiger partial charge is 0.512 e. The summed E-state index contributed by atoms with van der Waals surface area (Å²) in [6.07, 6.45) is 17.5. The van der Waals surface area contributed by atoms with Gasteiger partial charge in [-0.25, -0.2) is 0 Å². The zero-order valence-electron chi connectivity index (χ0n) is 27.9. The van der Waals surface area contributed by atoms with Gasteiger partial charge in [0.05, 0.1) is 5.76 Å². The summed E-state index contributed by atoms with van der Waals surface area (Å²) in [6.45, 7) is 12.8. The van der Waals surface area contributed by atoms with E-state index < -0.39 is 0 Å². The Morgan fingerprint density at radius 2 is 1.64 bits per heavy atom. The first-order valence-corrected chi connectivity index (χ1v) is 16.9. The molecule has 1 radical (unpaired) electrons. The van der Waals surface area contributed by atoms with Crippen LogP contribution in [0.15, 0.2) is 60.8 Å². The maximum atomic E-state index is 11.7. The molecule has 4 aromatic rings. The van der Waals surface area contributed by atoms with E-state index in [1.54, 1.807) is 0 Å². The molecule has 1 N–H and O–H groups in total. The molecule has 0 atom stereocenters. The van der Waals surface area contributed by atoms with Crippen molar-refractivity contribution in [3.05, 3.63) is 83.5 Å². The zero-order valence-corrected chi connectivity index (χ0v) is 30.3. The number of carbonyl (C=O) groups is 1. The first-order chi connectivity index (χ1) is 21.2. The summed E-state index contributed by atoms with van der Waals surface area (Å²) in [6, 6.07) is 14.9. The van der Waals surface area contributed by atoms with E-state index in [9.17, 15) is 9.90 Å². The van der Waals surface area contributed by atoms with Gasteiger partial charge in [0.1, 0.15) is 0 Å². The van der Waals surface area contributed by atoms with Crippen LogP contribution in [-0.4, -0.2) is 20.9 Å². The maximum Gasteiger partial charge on any atom is 0.162 e. The molecule has 0 amide bonds. The Kier molecular flexibility index (Phi) is 11.8. The Labute approximate surface area is 283 Å². The van der Waals surface area contributed by atoms with Gasteiger partial charge >= 0.3 is 0 Å². The number of hydrogen-bond acceptors (Lipinski definition) is 4. The Morgan fingerprint density at radius 1 is 0.978 bits per heavy atom. The molecule has 0 unspecified atom stereocenters. The number of aliphatic hydroxyl groups is 1. The quantitative estimate of drug-likeness (QED) is 0.110. The van der Waals surface area contributed by atoms with Crippen LogP contribution < -0.4 is 0 Å². The van der Waals surface area contributed by atoms with E-state index in [1.165, 1.54) is 76.4 Å². The summed E-state index contributed by atoms with van der Waals surface area (Å²) in [5.41, 5.74) is 6.34. The van der Waals surface area contributed by atoms with Crippen LogP contribution in [-0.2, 0) is 30.3 Å². The fraction of sp³-hybridized carbons (Fsp3) is 0.475. The molecule has 2 aliphatic rings. The van der Waals surface area contributed by atoms with E-state index >= 15 is 0 Å². The van der Waals surface area contributed by atoms with Gasteiger partial charge < -0.3 is 10.1 Å². The minimum Gasteiger partial charge on any atom is -0.512 e. The van der Waals surface area contributed by atoms with Crippen LogP contribution in [0, 0.1) is 17.9 Å². The molecule has 2 aliphatic carbocycles. The van der Waals surface area contributed by atoms with Crippen LogP contribution in [0.2, 0.25) is 0 Å². The van der Waals surface area contributed by atoms with Crippen molar-refractivity contribution in [2.45, 2.75) is 111 Å². The molecule has 5 heteroatoms. The van der Waals surface area contributed by atoms with Crippen LogP contribution >= 0.6 is 0 Å². The van der Waals surface area contributed by atoms with Gasteiger partial charge in [0, 0.05) is 56.6 Å². The van der Waals surface area contributed by atoms with Gasteiger partial charge in [0.2, 0.25) is 0 Å². The van der Waals surface area contributed by atoms with E-state index in [-0.39, 0.29) is 48.9 Å². The summed E-state index contributed by atoms with van der Waals surface area (Å²) in [7, 11) is 0. The van der Waals surface area contributed by atoms with Crippen LogP contribution in [0.1, 0.15) is 122 Å². The molecule has 1 fully saturated rings. The van der Waals surface area contributed by atoms with Crippen molar-refractivity contribution in [2.24, 2.45) is 11.8 Å². The zero-order chi connectivity index (χ0) is 31.4. The van der Waals surface area contributed by atoms with Crippen molar-refractivity contribution in [3.8, 4) is 11.3 Å². The second kappa shape index (κ2) is 15.1. The number of carbonyl (C=O) groups excluding carboxylic acids is 1. The normalized spacial score (nSPS) is 15.9. The summed E-state index contributed by atoms with van der Waals surface area (Å²) < 4.78 is 0. The predicted molar refractivity (Wildman–Crippen MR) is 183 cm³/mol. The molecule has 0 spiro atoms. The van der Waals surface area contributed by atoms with Gasteiger partial charge in [-0.1, -0.05) is 89.8 Å². The third-order valence-corrected chi connectivity index (χ3v) is 10.3. The predicted octanol–water partition coefficient (Wildman–Crippen LogP) is 10.8. The molecule has 0 saturated heterocycles. The summed E-state index contributed by atoms with van der Waals surface area (Å²) >= 11 is 0. The second-order valence-electron chi connectivity index (χ2n) is 13.3. The van der Waals surface area contributed by atoms with Crippen LogP contribution in [0.25, 0.3) is 32.8 Å². The fourth-order valence-corrected chi connectivity index (χ4v) is 7.54. The van der Waals surface area contributed by atoms with Gasteiger partial charge in [-0.3, -0.25) is 9.78 Å². The molecule has 241 valence electrons. The number of hydrogen-bond donors (Lipinski definition) is 1. The van der Waals surface area contributed by atoms with Gasteiger partial charge in [-0.05, 0) is 83.5 Å². The van der Waals surface area contributed by atoms with Crippen molar-refractivity contribution < 1.29 is 30.0 Å². The monoisotopic (exact) mass is 782 g/mol. The summed E-state index contributed by atoms with van der Waals surface area (Å²) in [5, 5.41) is 14.8. The molecule has 0 aliphatic heterocycles. The Hall–Kier alpha value is -2.88. The van der Waals surface area contributed by atoms with Crippen molar-refractivity contribution in [1.29, 1.82) is 0 Å². The summed E-state index contributed by atoms with van der Waals surface area (Å²) in [4.78, 5) is 21.0. The number of ketones is 1. The molecule has 4 nitrogen and oxygen atoms in total. The average molecular weight is 782 g/mol. The van der Waals surface area contributed by atoms with Gasteiger partial charge in [0.15, 0.2) is 5.78 Å². The SMILES string of the molecule is CC1(C)c2c([c-]cc3ccncc23)-c2nccc3cc(C4CCCCC4)cc1c23.CCC(CC)C(=O)/C=C(\O)C(CC)CC.[Ir]. The first-order valence-electron chi connectivity index (χ1n) is 16.9. The Morgan fingerprint density at radius 3 is 2.31 bits per heavy atom. The number of pyridine rings is 2. The van der Waals surface area contributed by atoms with E-state index in [2.05, 4.69) is 55.2 Å². The van der Waals surface area contributed by atoms with Gasteiger partial charge in [-0.2, -0.15) is 0 Å². The molecule has 6 rings (SSSR count). The molecular weight excluding hydrogens is 733 g/mol. The standard InChI is InChI=1S/C27H25N2.C13H24O2.Ir/c1-27(2)23-15-20(17-6-4-3-5-7-17)14-19-11-13-29-26(24(19)23)21-9-8-18-10-12-28-16-22(18)25(21)27;1-5-10(6-2)12(14)9-13(15)11(7-3)8-4;/h8,10-17H,3-7H2,1-2H3;9-11,14H,5-8H2,1-4H3;/q-1;;/b;12-9-;. The molecular formula is C40H49IrN2O2-. The number of benzene rings is 2. The number of allylic oxidation sites excluding steroid dienone is 2. The molecule has 2 aromatic heterocycles. The van der Waals surface area contributed by atoms with Crippen LogP contribution in [0.4, 0.5) is 0 Å². The summed E-state index contributed by atoms with van der Waals surface area (Å²) in [5.74, 6) is 1.24. The number of rotatable bonds is 8. The van der Waals surface area contributed by atoms with Crippen molar-refractivity contribution in [1.82, 2.24) is 9.97 Å². The second-order valence-corrected chi connectivity index (χ2v) is 13.3. The van der Waals surface area contributed by atoms with E-state index in [0.717, 1.165) is 36.9 Å². The third-order valence-electron chi connectivity index (χ3n) is 10.3. The maximum absolute atomic E-state index is 11.7. The minimum absolute atomic E-state index is 0. The number of fused-ring (bicyclic) bond motifs is 4. The van der Waals surface area contributed by atoms with Gasteiger partial charge in [0.25, 0.3) is 0 Å². The molecule has 45 heavy (non-hydrogen) atoms. The van der Waals surface area contributed by atoms with Crippen molar-refractivity contribution in [2.75, 3.05) is 0 Å². The van der Waals surface area contributed by atoms with E-state index in [4.69, 9.17) is 4.98 Å². The fourth-order valence-electron chi connectivity index (χ4n) is 7.54. The first kappa shape index (κ1) is 35.0. The van der Waals surface area contributed by atoms with E-state index in [0.29, 0.717) is 5.92 Å². The van der Waals surface area contributed by atoms with Crippen LogP contribution in [0.3, 0.4) is 0 Å².